The summed E-state index contributed by atoms with van der Waals surface area (Å²) in [4.78, 5) is 26.1. The summed E-state index contributed by atoms with van der Waals surface area (Å²) in [6.07, 6.45) is 1.13. The first-order chi connectivity index (χ1) is 13.2. The molecule has 4 nitrogen and oxygen atoms in total. The fraction of sp³-hybridized carbons (Fsp3) is 0.304. The first kappa shape index (κ1) is 19.8. The third-order valence-electron chi connectivity index (χ3n) is 4.59. The molecule has 0 bridgehead atoms. The highest BCUT2D eigenvalue weighted by molar-refractivity contribution is 6.13. The second-order valence-electron chi connectivity index (χ2n) is 8.05. The van der Waals surface area contributed by atoms with E-state index < -0.39 is 5.92 Å². The maximum atomic E-state index is 13.2. The summed E-state index contributed by atoms with van der Waals surface area (Å²) in [5.41, 5.74) is 2.05. The minimum atomic E-state index is -0.519. The smallest absolute Gasteiger partial charge is 0.228 e. The van der Waals surface area contributed by atoms with Gasteiger partial charge in [0.2, 0.25) is 5.91 Å². The molecule has 0 aromatic heterocycles. The van der Waals surface area contributed by atoms with Crippen LogP contribution in [-0.4, -0.2) is 17.2 Å². The van der Waals surface area contributed by atoms with Gasteiger partial charge in [0.05, 0.1) is 5.92 Å². The Morgan fingerprint density at radius 1 is 1.00 bits per heavy atom. The molecule has 1 atom stereocenters. The van der Waals surface area contributed by atoms with Gasteiger partial charge in [-0.1, -0.05) is 30.3 Å². The molecule has 0 fully saturated rings. The lowest BCUT2D eigenvalue weighted by molar-refractivity contribution is -0.125. The average Bonchev–Trinajstić information content (AvgIpc) is 3.06. The zero-order chi connectivity index (χ0) is 20.3. The lowest BCUT2D eigenvalue weighted by atomic mass is 9.92. The van der Waals surface area contributed by atoms with Crippen LogP contribution in [0.15, 0.2) is 65.9 Å². The van der Waals surface area contributed by atoms with Crippen molar-refractivity contribution in [3.05, 3.63) is 77.2 Å². The molecule has 5 heteroatoms. The van der Waals surface area contributed by atoms with Gasteiger partial charge in [-0.15, -0.1) is 0 Å². The number of Topliss-reactive ketones (excluding diaryl/α,β-unsaturated/α-hetero) is 1. The van der Waals surface area contributed by atoms with Gasteiger partial charge in [-0.2, -0.15) is 0 Å². The van der Waals surface area contributed by atoms with Crippen LogP contribution in [0.3, 0.4) is 0 Å². The number of allylic oxidation sites excluding steroid dienone is 1. The Hall–Kier alpha value is -2.95. The molecule has 1 unspecified atom stereocenters. The lowest BCUT2D eigenvalue weighted by Crippen LogP contribution is -2.44. The molecule has 2 aromatic carbocycles. The van der Waals surface area contributed by atoms with Crippen molar-refractivity contribution in [2.24, 2.45) is 5.92 Å². The lowest BCUT2D eigenvalue weighted by Gasteiger charge is -2.24. The molecule has 0 aliphatic heterocycles. The van der Waals surface area contributed by atoms with Crippen molar-refractivity contribution in [2.75, 3.05) is 5.32 Å². The van der Waals surface area contributed by atoms with E-state index in [2.05, 4.69) is 10.6 Å². The van der Waals surface area contributed by atoms with Crippen LogP contribution in [0.25, 0.3) is 0 Å². The number of benzene rings is 2. The van der Waals surface area contributed by atoms with Gasteiger partial charge in [-0.3, -0.25) is 9.59 Å². The maximum Gasteiger partial charge on any atom is 0.228 e. The van der Waals surface area contributed by atoms with E-state index in [0.717, 1.165) is 5.70 Å². The van der Waals surface area contributed by atoms with Crippen LogP contribution in [0, 0.1) is 11.7 Å². The van der Waals surface area contributed by atoms with E-state index in [1.165, 1.54) is 12.1 Å². The molecule has 28 heavy (non-hydrogen) atoms. The van der Waals surface area contributed by atoms with Crippen molar-refractivity contribution in [1.82, 2.24) is 5.32 Å². The molecule has 0 heterocycles. The van der Waals surface area contributed by atoms with Crippen molar-refractivity contribution in [1.29, 1.82) is 0 Å². The Labute approximate surface area is 164 Å². The first-order valence-corrected chi connectivity index (χ1v) is 9.42. The molecule has 2 aromatic rings. The van der Waals surface area contributed by atoms with E-state index in [1.807, 2.05) is 26.8 Å². The van der Waals surface area contributed by atoms with Crippen molar-refractivity contribution in [2.45, 2.75) is 39.2 Å². The second kappa shape index (κ2) is 7.97. The van der Waals surface area contributed by atoms with Crippen LogP contribution in [-0.2, 0) is 4.79 Å². The molecule has 1 aliphatic rings. The topological polar surface area (TPSA) is 58.2 Å². The van der Waals surface area contributed by atoms with Gasteiger partial charge in [0.15, 0.2) is 5.78 Å². The molecular weight excluding hydrogens is 355 g/mol. The quantitative estimate of drug-likeness (QED) is 0.739. The molecule has 0 spiro atoms. The van der Waals surface area contributed by atoms with E-state index >= 15 is 0 Å². The van der Waals surface area contributed by atoms with Crippen molar-refractivity contribution in [3.63, 3.8) is 0 Å². The van der Waals surface area contributed by atoms with Crippen molar-refractivity contribution < 1.29 is 14.0 Å². The van der Waals surface area contributed by atoms with Crippen LogP contribution >= 0.6 is 0 Å². The molecule has 146 valence electrons. The number of amides is 1. The van der Waals surface area contributed by atoms with E-state index in [9.17, 15) is 14.0 Å². The molecule has 0 radical (unpaired) electrons. The van der Waals surface area contributed by atoms with Gasteiger partial charge >= 0.3 is 0 Å². The van der Waals surface area contributed by atoms with Gasteiger partial charge in [0.1, 0.15) is 5.82 Å². The highest BCUT2D eigenvalue weighted by Gasteiger charge is 2.37. The average molecular weight is 380 g/mol. The predicted octanol–water partition coefficient (Wildman–Crippen LogP) is 4.70. The summed E-state index contributed by atoms with van der Waals surface area (Å²) in [6, 6.07) is 14.9. The number of halogens is 1. The zero-order valence-electron chi connectivity index (χ0n) is 16.4. The number of anilines is 1. The summed E-state index contributed by atoms with van der Waals surface area (Å²) in [5.74, 6) is -1.15. The predicted molar refractivity (Wildman–Crippen MR) is 108 cm³/mol. The van der Waals surface area contributed by atoms with Crippen LogP contribution in [0.1, 0.15) is 44.0 Å². The number of nitrogens with one attached hydrogen (secondary N) is 2. The number of ketones is 1. The van der Waals surface area contributed by atoms with E-state index in [4.69, 9.17) is 0 Å². The SMILES string of the molecule is CC(C)(C)NC(=O)C1CCC(Nc2ccc(F)cc2)=C1C(=O)c1ccccc1. The van der Waals surface area contributed by atoms with Crippen LogP contribution in [0.5, 0.6) is 0 Å². The fourth-order valence-corrected chi connectivity index (χ4v) is 3.37. The standard InChI is InChI=1S/C23H25FN2O2/c1-23(2,3)26-22(28)18-13-14-19(25-17-11-9-16(24)10-12-17)20(18)21(27)15-7-5-4-6-8-15/h4-12,18,25H,13-14H2,1-3H3,(H,26,28). The van der Waals surface area contributed by atoms with Crippen molar-refractivity contribution >= 4 is 17.4 Å². The Kier molecular flexibility index (Phi) is 5.63. The maximum absolute atomic E-state index is 13.2. The summed E-state index contributed by atoms with van der Waals surface area (Å²) in [7, 11) is 0. The molecule has 0 saturated carbocycles. The molecule has 1 aliphatic carbocycles. The summed E-state index contributed by atoms with van der Waals surface area (Å²) in [5, 5.41) is 6.22. The summed E-state index contributed by atoms with van der Waals surface area (Å²) in [6.45, 7) is 5.75. The van der Waals surface area contributed by atoms with Crippen LogP contribution < -0.4 is 10.6 Å². The normalized spacial score (nSPS) is 16.8. The molecule has 0 saturated heterocycles. The minimum absolute atomic E-state index is 0.150. The number of rotatable bonds is 5. The largest absolute Gasteiger partial charge is 0.359 e. The highest BCUT2D eigenvalue weighted by Crippen LogP contribution is 2.35. The van der Waals surface area contributed by atoms with Gasteiger partial charge in [-0.25, -0.2) is 4.39 Å². The summed E-state index contributed by atoms with van der Waals surface area (Å²) < 4.78 is 13.2. The monoisotopic (exact) mass is 380 g/mol. The Morgan fingerprint density at radius 3 is 2.25 bits per heavy atom. The Bertz CT molecular complexity index is 896. The third-order valence-corrected chi connectivity index (χ3v) is 4.59. The fourth-order valence-electron chi connectivity index (χ4n) is 3.37. The van der Waals surface area contributed by atoms with Gasteiger partial charge in [0, 0.05) is 28.1 Å². The summed E-state index contributed by atoms with van der Waals surface area (Å²) >= 11 is 0. The molecule has 3 rings (SSSR count). The number of hydrogen-bond donors (Lipinski definition) is 2. The number of carbonyl (C=O) groups is 2. The number of carbonyl (C=O) groups excluding carboxylic acids is 2. The third kappa shape index (κ3) is 4.66. The second-order valence-corrected chi connectivity index (χ2v) is 8.05. The number of hydrogen-bond acceptors (Lipinski definition) is 3. The van der Waals surface area contributed by atoms with E-state index in [-0.39, 0.29) is 23.0 Å². The van der Waals surface area contributed by atoms with Crippen LogP contribution in [0.2, 0.25) is 0 Å². The zero-order valence-corrected chi connectivity index (χ0v) is 16.4. The van der Waals surface area contributed by atoms with Gasteiger partial charge in [-0.05, 0) is 57.9 Å². The van der Waals surface area contributed by atoms with Crippen LogP contribution in [0.4, 0.5) is 10.1 Å². The molecule has 1 amide bonds. The van der Waals surface area contributed by atoms with E-state index in [1.54, 1.807) is 36.4 Å². The Balaban J connectivity index is 1.97. The Morgan fingerprint density at radius 2 is 1.64 bits per heavy atom. The van der Waals surface area contributed by atoms with Gasteiger partial charge < -0.3 is 10.6 Å². The minimum Gasteiger partial charge on any atom is -0.359 e. The highest BCUT2D eigenvalue weighted by atomic mass is 19.1. The molecular formula is C23H25FN2O2. The molecule has 2 N–H and O–H groups in total. The first-order valence-electron chi connectivity index (χ1n) is 9.42. The van der Waals surface area contributed by atoms with E-state index in [0.29, 0.717) is 29.7 Å². The van der Waals surface area contributed by atoms with Crippen molar-refractivity contribution in [3.8, 4) is 0 Å². The van der Waals surface area contributed by atoms with Gasteiger partial charge in [0.25, 0.3) is 0 Å².